The molecule has 9 heteroatoms. The van der Waals surface area contributed by atoms with Crippen molar-refractivity contribution >= 4 is 16.3 Å². The Morgan fingerprint density at radius 2 is 2.10 bits per heavy atom. The van der Waals surface area contributed by atoms with Gasteiger partial charge in [0.05, 0.1) is 0 Å². The number of alkyl halides is 3. The van der Waals surface area contributed by atoms with Gasteiger partial charge in [-0.05, 0) is 25.8 Å². The van der Waals surface area contributed by atoms with Crippen LogP contribution in [0.15, 0.2) is 0 Å². The SMILES string of the molecule is FC(F)(F)C1(c2nn3c(C4CCC4)nnc3s2)CCNC1. The maximum Gasteiger partial charge on any atom is 0.402 e. The molecule has 2 fully saturated rings. The van der Waals surface area contributed by atoms with Gasteiger partial charge in [0.25, 0.3) is 0 Å². The molecule has 2 aromatic heterocycles. The quantitative estimate of drug-likeness (QED) is 0.923. The molecule has 0 bridgehead atoms. The summed E-state index contributed by atoms with van der Waals surface area (Å²) < 4.78 is 42.2. The molecule has 3 heterocycles. The maximum absolute atomic E-state index is 13.6. The Balaban J connectivity index is 1.80. The molecule has 114 valence electrons. The molecule has 2 aliphatic rings. The second-order valence-electron chi connectivity index (χ2n) is 5.79. The van der Waals surface area contributed by atoms with Gasteiger partial charge in [-0.3, -0.25) is 0 Å². The molecule has 1 saturated heterocycles. The normalized spacial score (nSPS) is 27.4. The summed E-state index contributed by atoms with van der Waals surface area (Å²) in [7, 11) is 0. The lowest BCUT2D eigenvalue weighted by Crippen LogP contribution is -2.44. The van der Waals surface area contributed by atoms with Crippen molar-refractivity contribution in [2.45, 2.75) is 43.2 Å². The average molecular weight is 317 g/mol. The van der Waals surface area contributed by atoms with E-state index >= 15 is 0 Å². The van der Waals surface area contributed by atoms with Crippen LogP contribution in [0, 0.1) is 0 Å². The Bertz CT molecular complexity index is 666. The zero-order chi connectivity index (χ0) is 14.7. The highest BCUT2D eigenvalue weighted by Crippen LogP contribution is 2.47. The standard InChI is InChI=1S/C12H14F3N5S/c13-12(14,15)11(4-5-16-6-11)9-19-20-8(7-2-1-3-7)17-18-10(20)21-9/h7,16H,1-6H2. The molecule has 4 rings (SSSR count). The lowest BCUT2D eigenvalue weighted by molar-refractivity contribution is -0.185. The molecule has 1 aliphatic carbocycles. The second-order valence-corrected chi connectivity index (χ2v) is 6.75. The van der Waals surface area contributed by atoms with Crippen LogP contribution in [0.1, 0.15) is 42.4 Å². The topological polar surface area (TPSA) is 55.1 Å². The average Bonchev–Trinajstić information content (AvgIpc) is 3.00. The van der Waals surface area contributed by atoms with Crippen LogP contribution >= 0.6 is 11.3 Å². The first-order valence-electron chi connectivity index (χ1n) is 7.01. The first-order valence-corrected chi connectivity index (χ1v) is 7.83. The molecular formula is C12H14F3N5S. The molecule has 2 aromatic rings. The highest BCUT2D eigenvalue weighted by atomic mass is 32.1. The van der Waals surface area contributed by atoms with Gasteiger partial charge in [-0.15, -0.1) is 10.2 Å². The Labute approximate surface area is 122 Å². The zero-order valence-electron chi connectivity index (χ0n) is 11.2. The largest absolute Gasteiger partial charge is 0.402 e. The number of nitrogens with one attached hydrogen (secondary N) is 1. The summed E-state index contributed by atoms with van der Waals surface area (Å²) in [4.78, 5) is 0.461. The van der Waals surface area contributed by atoms with Crippen molar-refractivity contribution in [3.63, 3.8) is 0 Å². The van der Waals surface area contributed by atoms with Crippen LogP contribution in [0.5, 0.6) is 0 Å². The molecule has 1 N–H and O–H groups in total. The predicted octanol–water partition coefficient (Wildman–Crippen LogP) is 2.25. The van der Waals surface area contributed by atoms with Crippen molar-refractivity contribution in [1.82, 2.24) is 25.1 Å². The molecule has 1 saturated carbocycles. The maximum atomic E-state index is 13.6. The molecule has 1 aliphatic heterocycles. The minimum Gasteiger partial charge on any atom is -0.315 e. The third-order valence-electron chi connectivity index (χ3n) is 4.59. The molecule has 1 unspecified atom stereocenters. The predicted molar refractivity (Wildman–Crippen MR) is 70.5 cm³/mol. The van der Waals surface area contributed by atoms with Gasteiger partial charge in [-0.1, -0.05) is 17.8 Å². The number of halogens is 3. The van der Waals surface area contributed by atoms with Crippen molar-refractivity contribution in [3.8, 4) is 0 Å². The minimum absolute atomic E-state index is 0.0271. The van der Waals surface area contributed by atoms with Gasteiger partial charge >= 0.3 is 6.18 Å². The van der Waals surface area contributed by atoms with E-state index in [0.29, 0.717) is 23.2 Å². The monoisotopic (exact) mass is 317 g/mol. The minimum atomic E-state index is -4.31. The zero-order valence-corrected chi connectivity index (χ0v) is 12.0. The number of rotatable bonds is 2. The van der Waals surface area contributed by atoms with Crippen LogP contribution in [0.2, 0.25) is 0 Å². The van der Waals surface area contributed by atoms with Gasteiger partial charge in [0.15, 0.2) is 5.82 Å². The third kappa shape index (κ3) is 1.83. The lowest BCUT2D eigenvalue weighted by atomic mass is 9.85. The summed E-state index contributed by atoms with van der Waals surface area (Å²) in [6.07, 6.45) is -1.12. The fourth-order valence-electron chi connectivity index (χ4n) is 2.98. The number of nitrogens with zero attached hydrogens (tertiary/aromatic N) is 4. The van der Waals surface area contributed by atoms with E-state index in [1.807, 2.05) is 0 Å². The molecular weight excluding hydrogens is 303 g/mol. The van der Waals surface area contributed by atoms with Crippen molar-refractivity contribution in [3.05, 3.63) is 10.8 Å². The van der Waals surface area contributed by atoms with E-state index in [9.17, 15) is 13.2 Å². The lowest BCUT2D eigenvalue weighted by Gasteiger charge is -2.28. The van der Waals surface area contributed by atoms with Gasteiger partial charge in [0.1, 0.15) is 10.4 Å². The first kappa shape index (κ1) is 13.4. The number of hydrogen-bond donors (Lipinski definition) is 1. The van der Waals surface area contributed by atoms with Crippen LogP contribution in [-0.4, -0.2) is 39.1 Å². The van der Waals surface area contributed by atoms with Crippen LogP contribution in [0.3, 0.4) is 0 Å². The van der Waals surface area contributed by atoms with E-state index < -0.39 is 11.6 Å². The third-order valence-corrected chi connectivity index (χ3v) is 5.70. The Hall–Kier alpha value is -1.22. The van der Waals surface area contributed by atoms with Crippen LogP contribution in [0.25, 0.3) is 4.96 Å². The van der Waals surface area contributed by atoms with Gasteiger partial charge in [0.2, 0.25) is 4.96 Å². The summed E-state index contributed by atoms with van der Waals surface area (Å²) in [5, 5.41) is 15.3. The van der Waals surface area contributed by atoms with Crippen LogP contribution in [0.4, 0.5) is 13.2 Å². The van der Waals surface area contributed by atoms with Gasteiger partial charge in [-0.2, -0.15) is 22.8 Å². The number of fused-ring (bicyclic) bond motifs is 1. The van der Waals surface area contributed by atoms with E-state index in [0.717, 1.165) is 30.6 Å². The van der Waals surface area contributed by atoms with E-state index in [-0.39, 0.29) is 18.0 Å². The second kappa shape index (κ2) is 4.39. The first-order chi connectivity index (χ1) is 10.0. The van der Waals surface area contributed by atoms with E-state index in [1.54, 1.807) is 0 Å². The van der Waals surface area contributed by atoms with Gasteiger partial charge in [-0.25, -0.2) is 0 Å². The van der Waals surface area contributed by atoms with Gasteiger partial charge in [0, 0.05) is 12.5 Å². The van der Waals surface area contributed by atoms with E-state index in [2.05, 4.69) is 20.6 Å². The summed E-state index contributed by atoms with van der Waals surface area (Å²) in [5.74, 6) is 1.00. The molecule has 0 aromatic carbocycles. The Morgan fingerprint density at radius 1 is 1.29 bits per heavy atom. The van der Waals surface area contributed by atoms with E-state index in [4.69, 9.17) is 0 Å². The summed E-state index contributed by atoms with van der Waals surface area (Å²) in [6, 6.07) is 0. The Kier molecular flexibility index (Phi) is 2.81. The molecule has 0 amide bonds. The summed E-state index contributed by atoms with van der Waals surface area (Å²) in [6.45, 7) is 0.245. The van der Waals surface area contributed by atoms with Crippen molar-refractivity contribution in [2.24, 2.45) is 0 Å². The Morgan fingerprint density at radius 3 is 2.67 bits per heavy atom. The molecule has 1 atom stereocenters. The molecule has 0 radical (unpaired) electrons. The smallest absolute Gasteiger partial charge is 0.315 e. The highest BCUT2D eigenvalue weighted by Gasteiger charge is 2.59. The van der Waals surface area contributed by atoms with Crippen molar-refractivity contribution in [2.75, 3.05) is 13.1 Å². The summed E-state index contributed by atoms with van der Waals surface area (Å²) in [5.41, 5.74) is -1.88. The van der Waals surface area contributed by atoms with Gasteiger partial charge < -0.3 is 5.32 Å². The number of aromatic nitrogens is 4. The fraction of sp³-hybridized carbons (Fsp3) is 0.750. The van der Waals surface area contributed by atoms with Crippen LogP contribution < -0.4 is 5.32 Å². The molecule has 21 heavy (non-hydrogen) atoms. The highest BCUT2D eigenvalue weighted by molar-refractivity contribution is 7.16. The van der Waals surface area contributed by atoms with Crippen LogP contribution in [-0.2, 0) is 5.41 Å². The molecule has 0 spiro atoms. The fourth-order valence-corrected chi connectivity index (χ4v) is 4.07. The van der Waals surface area contributed by atoms with E-state index in [1.165, 1.54) is 4.52 Å². The van der Waals surface area contributed by atoms with Crippen molar-refractivity contribution in [1.29, 1.82) is 0 Å². The molecule has 5 nitrogen and oxygen atoms in total. The van der Waals surface area contributed by atoms with Crippen molar-refractivity contribution < 1.29 is 13.2 Å². The summed E-state index contributed by atoms with van der Waals surface area (Å²) >= 11 is 1.01. The number of hydrogen-bond acceptors (Lipinski definition) is 5.